The van der Waals surface area contributed by atoms with Gasteiger partial charge in [-0.05, 0) is 35.9 Å². The average molecular weight is 327 g/mol. The number of esters is 1. The minimum absolute atomic E-state index is 0.0325. The van der Waals surface area contributed by atoms with Crippen LogP contribution in [0.2, 0.25) is 0 Å². The third-order valence-corrected chi connectivity index (χ3v) is 4.10. The molecule has 0 atom stereocenters. The summed E-state index contributed by atoms with van der Waals surface area (Å²) in [5, 5.41) is 17.7. The molecule has 5 nitrogen and oxygen atoms in total. The van der Waals surface area contributed by atoms with Gasteiger partial charge in [0.05, 0.1) is 30.7 Å². The molecule has 0 bridgehead atoms. The lowest BCUT2D eigenvalue weighted by molar-refractivity contribution is -0.136. The second kappa shape index (κ2) is 7.47. The van der Waals surface area contributed by atoms with Crippen LogP contribution in [0.3, 0.4) is 0 Å². The smallest absolute Gasteiger partial charge is 0.339 e. The molecule has 116 valence electrons. The van der Waals surface area contributed by atoms with E-state index in [0.29, 0.717) is 21.6 Å². The van der Waals surface area contributed by atoms with E-state index in [4.69, 9.17) is 15.1 Å². The van der Waals surface area contributed by atoms with E-state index in [2.05, 4.69) is 0 Å². The number of hydrogen-bond donors (Lipinski definition) is 1. The summed E-state index contributed by atoms with van der Waals surface area (Å²) in [4.78, 5) is 24.1. The molecular formula is C17H13NO4S. The Hall–Kier alpha value is -2.78. The zero-order valence-corrected chi connectivity index (χ0v) is 13.1. The molecule has 0 amide bonds. The monoisotopic (exact) mass is 327 g/mol. The lowest BCUT2D eigenvalue weighted by Crippen LogP contribution is -2.03. The van der Waals surface area contributed by atoms with Crippen LogP contribution in [0.25, 0.3) is 0 Å². The van der Waals surface area contributed by atoms with E-state index >= 15 is 0 Å². The van der Waals surface area contributed by atoms with Crippen LogP contribution in [0.5, 0.6) is 0 Å². The average Bonchev–Trinajstić information content (AvgIpc) is 2.55. The fourth-order valence-electron chi connectivity index (χ4n) is 1.93. The fraction of sp³-hybridized carbons (Fsp3) is 0.118. The zero-order valence-electron chi connectivity index (χ0n) is 12.3. The number of carbonyl (C=O) groups excluding carboxylic acids is 1. The molecule has 0 heterocycles. The SMILES string of the molecule is COC(=O)c1cc(C#N)ccc1Sc1ccc(CC(=O)O)cc1. The van der Waals surface area contributed by atoms with Gasteiger partial charge in [-0.1, -0.05) is 23.9 Å². The number of aliphatic carboxylic acids is 1. The lowest BCUT2D eigenvalue weighted by atomic mass is 10.1. The van der Waals surface area contributed by atoms with Crippen molar-refractivity contribution in [2.75, 3.05) is 7.11 Å². The molecule has 0 fully saturated rings. The van der Waals surface area contributed by atoms with Gasteiger partial charge in [-0.25, -0.2) is 4.79 Å². The predicted octanol–water partition coefficient (Wildman–Crippen LogP) is 3.12. The fourth-order valence-corrected chi connectivity index (χ4v) is 2.85. The second-order valence-corrected chi connectivity index (χ2v) is 5.75. The van der Waals surface area contributed by atoms with Gasteiger partial charge in [-0.2, -0.15) is 5.26 Å². The molecule has 0 aliphatic heterocycles. The number of methoxy groups -OCH3 is 1. The van der Waals surface area contributed by atoms with Crippen molar-refractivity contribution in [2.45, 2.75) is 16.2 Å². The Labute approximate surface area is 137 Å². The van der Waals surface area contributed by atoms with Gasteiger partial charge in [0, 0.05) is 9.79 Å². The Morgan fingerprint density at radius 3 is 2.48 bits per heavy atom. The molecule has 2 rings (SSSR count). The summed E-state index contributed by atoms with van der Waals surface area (Å²) in [6, 6.07) is 13.9. The minimum Gasteiger partial charge on any atom is -0.481 e. The van der Waals surface area contributed by atoms with Gasteiger partial charge in [0.2, 0.25) is 0 Å². The summed E-state index contributed by atoms with van der Waals surface area (Å²) in [5.74, 6) is -1.39. The van der Waals surface area contributed by atoms with Gasteiger partial charge in [-0.3, -0.25) is 4.79 Å². The highest BCUT2D eigenvalue weighted by Gasteiger charge is 2.14. The number of carboxylic acid groups (broad SMARTS) is 1. The molecule has 0 saturated carbocycles. The number of nitriles is 1. The molecule has 1 N–H and O–H groups in total. The van der Waals surface area contributed by atoms with Crippen molar-refractivity contribution < 1.29 is 19.4 Å². The highest BCUT2D eigenvalue weighted by atomic mass is 32.2. The number of hydrogen-bond acceptors (Lipinski definition) is 5. The molecule has 0 radical (unpaired) electrons. The third kappa shape index (κ3) is 4.34. The summed E-state index contributed by atoms with van der Waals surface area (Å²) < 4.78 is 4.75. The first-order valence-corrected chi connectivity index (χ1v) is 7.46. The molecule has 2 aromatic rings. The van der Waals surface area contributed by atoms with Crippen molar-refractivity contribution in [2.24, 2.45) is 0 Å². The number of benzene rings is 2. The Morgan fingerprint density at radius 1 is 1.22 bits per heavy atom. The third-order valence-electron chi connectivity index (χ3n) is 3.02. The van der Waals surface area contributed by atoms with Gasteiger partial charge >= 0.3 is 11.9 Å². The summed E-state index contributed by atoms with van der Waals surface area (Å²) in [6.45, 7) is 0. The van der Waals surface area contributed by atoms with Crippen LogP contribution in [0.15, 0.2) is 52.3 Å². The zero-order chi connectivity index (χ0) is 16.8. The van der Waals surface area contributed by atoms with Crippen molar-refractivity contribution in [3.05, 3.63) is 59.2 Å². The van der Waals surface area contributed by atoms with Gasteiger partial charge in [0.25, 0.3) is 0 Å². The minimum atomic E-state index is -0.884. The Kier molecular flexibility index (Phi) is 5.39. The number of nitrogens with zero attached hydrogens (tertiary/aromatic N) is 1. The Bertz CT molecular complexity index is 778. The highest BCUT2D eigenvalue weighted by Crippen LogP contribution is 2.31. The summed E-state index contributed by atoms with van der Waals surface area (Å²) >= 11 is 1.35. The second-order valence-electron chi connectivity index (χ2n) is 4.63. The van der Waals surface area contributed by atoms with E-state index in [9.17, 15) is 9.59 Å². The van der Waals surface area contributed by atoms with E-state index in [-0.39, 0.29) is 6.42 Å². The molecule has 2 aromatic carbocycles. The van der Waals surface area contributed by atoms with E-state index in [0.717, 1.165) is 4.90 Å². The normalized spacial score (nSPS) is 9.91. The summed E-state index contributed by atoms with van der Waals surface area (Å²) in [7, 11) is 1.29. The largest absolute Gasteiger partial charge is 0.481 e. The first-order chi connectivity index (χ1) is 11.0. The lowest BCUT2D eigenvalue weighted by Gasteiger charge is -2.08. The maximum absolute atomic E-state index is 11.9. The predicted molar refractivity (Wildman–Crippen MR) is 84.4 cm³/mol. The van der Waals surface area contributed by atoms with Crippen LogP contribution in [0.1, 0.15) is 21.5 Å². The van der Waals surface area contributed by atoms with Crippen molar-refractivity contribution in [3.63, 3.8) is 0 Å². The van der Waals surface area contributed by atoms with Crippen molar-refractivity contribution in [3.8, 4) is 6.07 Å². The first kappa shape index (κ1) is 16.6. The first-order valence-electron chi connectivity index (χ1n) is 6.64. The maximum Gasteiger partial charge on any atom is 0.339 e. The van der Waals surface area contributed by atoms with Crippen LogP contribution in [0.4, 0.5) is 0 Å². The number of carboxylic acids is 1. The van der Waals surface area contributed by atoms with E-state index in [1.165, 1.54) is 24.9 Å². The van der Waals surface area contributed by atoms with Crippen LogP contribution in [0, 0.1) is 11.3 Å². The number of carbonyl (C=O) groups is 2. The van der Waals surface area contributed by atoms with E-state index in [1.54, 1.807) is 36.4 Å². The number of rotatable bonds is 5. The molecule has 0 saturated heterocycles. The molecule has 23 heavy (non-hydrogen) atoms. The molecule has 0 unspecified atom stereocenters. The molecule has 0 aromatic heterocycles. The summed E-state index contributed by atoms with van der Waals surface area (Å²) in [6.07, 6.45) is -0.0325. The molecule has 0 spiro atoms. The van der Waals surface area contributed by atoms with Gasteiger partial charge in [-0.15, -0.1) is 0 Å². The quantitative estimate of drug-likeness (QED) is 0.849. The maximum atomic E-state index is 11.9. The van der Waals surface area contributed by atoms with Gasteiger partial charge in [0.15, 0.2) is 0 Å². The molecule has 0 aliphatic carbocycles. The standard InChI is InChI=1S/C17H13NO4S/c1-22-17(21)14-8-12(10-18)4-7-15(14)23-13-5-2-11(3-6-13)9-16(19)20/h2-8H,9H2,1H3,(H,19,20). The van der Waals surface area contributed by atoms with Crippen LogP contribution < -0.4 is 0 Å². The van der Waals surface area contributed by atoms with E-state index in [1.807, 2.05) is 6.07 Å². The molecular weight excluding hydrogens is 314 g/mol. The van der Waals surface area contributed by atoms with Crippen molar-refractivity contribution in [1.29, 1.82) is 5.26 Å². The summed E-state index contributed by atoms with van der Waals surface area (Å²) in [5.41, 5.74) is 1.41. The van der Waals surface area contributed by atoms with E-state index < -0.39 is 11.9 Å². The van der Waals surface area contributed by atoms with Crippen LogP contribution in [-0.2, 0) is 16.0 Å². The Balaban J connectivity index is 2.27. The van der Waals surface area contributed by atoms with Gasteiger partial charge < -0.3 is 9.84 Å². The Morgan fingerprint density at radius 2 is 1.91 bits per heavy atom. The van der Waals surface area contributed by atoms with Crippen LogP contribution in [-0.4, -0.2) is 24.2 Å². The molecule has 6 heteroatoms. The number of ether oxygens (including phenoxy) is 1. The van der Waals surface area contributed by atoms with Gasteiger partial charge in [0.1, 0.15) is 0 Å². The molecule has 0 aliphatic rings. The van der Waals surface area contributed by atoms with Crippen LogP contribution >= 0.6 is 11.8 Å². The topological polar surface area (TPSA) is 87.4 Å². The van der Waals surface area contributed by atoms with Crippen molar-refractivity contribution in [1.82, 2.24) is 0 Å². The highest BCUT2D eigenvalue weighted by molar-refractivity contribution is 7.99. The van der Waals surface area contributed by atoms with Crippen molar-refractivity contribution >= 4 is 23.7 Å².